The zero-order valence-electron chi connectivity index (χ0n) is 23.5. The Morgan fingerprint density at radius 2 is 1.88 bits per heavy atom. The van der Waals surface area contributed by atoms with E-state index in [4.69, 9.17) is 14.2 Å². The average Bonchev–Trinajstić information content (AvgIpc) is 3.63. The molecule has 0 bridgehead atoms. The highest BCUT2D eigenvalue weighted by molar-refractivity contribution is 7.21. The molecule has 0 saturated carbocycles. The number of methoxy groups -OCH3 is 2. The van der Waals surface area contributed by atoms with Crippen molar-refractivity contribution in [2.45, 2.75) is 32.5 Å². The molecule has 0 spiro atoms. The van der Waals surface area contributed by atoms with Crippen molar-refractivity contribution < 1.29 is 23.4 Å². The SMILES string of the molecule is COCCOC(Cn1c(=O)n(CCN2CCCNC2=O)c(=O)c2c(C)c(-n3nccn3)sc21)c1cc(F)ccc1OC. The number of aryl methyl sites for hydroxylation is 1. The van der Waals surface area contributed by atoms with Gasteiger partial charge in [0.15, 0.2) is 0 Å². The summed E-state index contributed by atoms with van der Waals surface area (Å²) in [6.45, 7) is 3.42. The fraction of sp³-hybridized carbons (Fsp3) is 0.444. The predicted octanol–water partition coefficient (Wildman–Crippen LogP) is 2.08. The lowest BCUT2D eigenvalue weighted by Crippen LogP contribution is -2.49. The Kier molecular flexibility index (Phi) is 8.99. The molecule has 1 unspecified atom stereocenters. The van der Waals surface area contributed by atoms with Gasteiger partial charge in [0.25, 0.3) is 5.56 Å². The minimum Gasteiger partial charge on any atom is -0.496 e. The van der Waals surface area contributed by atoms with E-state index < -0.39 is 23.2 Å². The molecule has 2 amide bonds. The van der Waals surface area contributed by atoms with Gasteiger partial charge >= 0.3 is 11.7 Å². The summed E-state index contributed by atoms with van der Waals surface area (Å²) in [5, 5.41) is 12.1. The molecule has 1 atom stereocenters. The van der Waals surface area contributed by atoms with Crippen LogP contribution in [0.4, 0.5) is 9.18 Å². The quantitative estimate of drug-likeness (QED) is 0.244. The van der Waals surface area contributed by atoms with Gasteiger partial charge in [-0.05, 0) is 31.5 Å². The second-order valence-electron chi connectivity index (χ2n) is 9.69. The third-order valence-corrected chi connectivity index (χ3v) is 8.41. The van der Waals surface area contributed by atoms with E-state index in [1.165, 1.54) is 65.5 Å². The molecule has 0 radical (unpaired) electrons. The Balaban J connectivity index is 1.65. The van der Waals surface area contributed by atoms with Crippen LogP contribution in [0.3, 0.4) is 0 Å². The Morgan fingerprint density at radius 3 is 2.60 bits per heavy atom. The largest absolute Gasteiger partial charge is 0.496 e. The van der Waals surface area contributed by atoms with Gasteiger partial charge in [-0.3, -0.25) is 13.9 Å². The standard InChI is InChI=1S/C27H32FN7O6S/c1-17-22-23(36)33(12-11-32-10-4-7-29-26(32)37)27(38)34(25(22)42-24(17)35-30-8-9-31-35)16-21(41-14-13-39-2)19-15-18(28)5-6-20(19)40-3/h5-6,8-9,15,21H,4,7,10-14,16H2,1-3H3,(H,29,37). The number of nitrogens with one attached hydrogen (secondary N) is 1. The number of hydrogen-bond donors (Lipinski definition) is 1. The molecule has 15 heteroatoms. The summed E-state index contributed by atoms with van der Waals surface area (Å²) in [5.74, 6) is -0.108. The van der Waals surface area contributed by atoms with Crippen molar-refractivity contribution in [3.8, 4) is 10.8 Å². The molecular formula is C27H32FN7O6S. The average molecular weight is 602 g/mol. The number of amides is 2. The molecule has 13 nitrogen and oxygen atoms in total. The molecule has 224 valence electrons. The minimum atomic E-state index is -0.834. The fourth-order valence-corrected chi connectivity index (χ4v) is 6.22. The van der Waals surface area contributed by atoms with Crippen LogP contribution in [0.1, 0.15) is 23.7 Å². The topological polar surface area (TPSA) is 135 Å². The number of halogens is 1. The Labute approximate surface area is 244 Å². The first-order valence-corrected chi connectivity index (χ1v) is 14.3. The lowest BCUT2D eigenvalue weighted by molar-refractivity contribution is 0.00641. The number of benzene rings is 1. The minimum absolute atomic E-state index is 0.00977. The van der Waals surface area contributed by atoms with Gasteiger partial charge in [-0.15, -0.1) is 4.80 Å². The van der Waals surface area contributed by atoms with Crippen LogP contribution in [0, 0.1) is 12.7 Å². The van der Waals surface area contributed by atoms with Crippen LogP contribution in [0.2, 0.25) is 0 Å². The maximum atomic E-state index is 14.4. The smallest absolute Gasteiger partial charge is 0.332 e. The monoisotopic (exact) mass is 601 g/mol. The third-order valence-electron chi connectivity index (χ3n) is 7.12. The number of aromatic nitrogens is 5. The van der Waals surface area contributed by atoms with Crippen molar-refractivity contribution >= 4 is 27.6 Å². The second-order valence-corrected chi connectivity index (χ2v) is 10.7. The maximum Gasteiger partial charge on any atom is 0.332 e. The van der Waals surface area contributed by atoms with Crippen molar-refractivity contribution in [2.24, 2.45) is 0 Å². The molecule has 1 aliphatic rings. The Morgan fingerprint density at radius 1 is 1.10 bits per heavy atom. The number of thiophene rings is 1. The van der Waals surface area contributed by atoms with Crippen LogP contribution in [0.15, 0.2) is 40.2 Å². The first-order valence-electron chi connectivity index (χ1n) is 13.4. The van der Waals surface area contributed by atoms with Crippen LogP contribution in [0.25, 0.3) is 15.2 Å². The predicted molar refractivity (Wildman–Crippen MR) is 153 cm³/mol. The molecule has 1 N–H and O–H groups in total. The van der Waals surface area contributed by atoms with E-state index in [-0.39, 0.29) is 38.9 Å². The molecule has 1 aliphatic heterocycles. The van der Waals surface area contributed by atoms with Gasteiger partial charge in [0.1, 0.15) is 27.5 Å². The lowest BCUT2D eigenvalue weighted by Gasteiger charge is -2.27. The number of nitrogens with zero attached hydrogens (tertiary/aromatic N) is 6. The van der Waals surface area contributed by atoms with Gasteiger partial charge in [0.2, 0.25) is 0 Å². The molecule has 1 saturated heterocycles. The van der Waals surface area contributed by atoms with E-state index in [1.807, 2.05) is 0 Å². The number of carbonyl (C=O) groups is 1. The summed E-state index contributed by atoms with van der Waals surface area (Å²) < 4.78 is 33.8. The van der Waals surface area contributed by atoms with E-state index in [2.05, 4.69) is 15.5 Å². The van der Waals surface area contributed by atoms with Crippen molar-refractivity contribution in [2.75, 3.05) is 47.1 Å². The first kappa shape index (κ1) is 29.4. The van der Waals surface area contributed by atoms with Crippen molar-refractivity contribution in [1.82, 2.24) is 34.3 Å². The number of hydrogen-bond acceptors (Lipinski definition) is 9. The molecule has 0 aliphatic carbocycles. The molecule has 4 heterocycles. The van der Waals surface area contributed by atoms with Crippen molar-refractivity contribution in [1.29, 1.82) is 0 Å². The van der Waals surface area contributed by atoms with E-state index in [9.17, 15) is 18.8 Å². The number of urea groups is 1. The zero-order valence-corrected chi connectivity index (χ0v) is 24.4. The number of fused-ring (bicyclic) bond motifs is 1. The second kappa shape index (κ2) is 12.8. The van der Waals surface area contributed by atoms with Crippen LogP contribution in [-0.2, 0) is 22.6 Å². The fourth-order valence-electron chi connectivity index (χ4n) is 5.00. The van der Waals surface area contributed by atoms with Crippen molar-refractivity contribution in [3.05, 3.63) is 68.4 Å². The van der Waals surface area contributed by atoms with Gasteiger partial charge < -0.3 is 24.4 Å². The Hall–Kier alpha value is -4.08. The molecule has 3 aromatic heterocycles. The molecular weight excluding hydrogens is 569 g/mol. The summed E-state index contributed by atoms with van der Waals surface area (Å²) >= 11 is 1.20. The summed E-state index contributed by atoms with van der Waals surface area (Å²) in [7, 11) is 3.00. The maximum absolute atomic E-state index is 14.4. The molecule has 5 rings (SSSR count). The number of rotatable bonds is 12. The van der Waals surface area contributed by atoms with Crippen LogP contribution < -0.4 is 21.3 Å². The van der Waals surface area contributed by atoms with Gasteiger partial charge in [0, 0.05) is 44.4 Å². The Bertz CT molecular complexity index is 1680. The zero-order chi connectivity index (χ0) is 29.8. The number of carbonyl (C=O) groups excluding carboxylic acids is 1. The van der Waals surface area contributed by atoms with Crippen LogP contribution in [-0.4, -0.2) is 82.1 Å². The van der Waals surface area contributed by atoms with E-state index in [1.54, 1.807) is 11.8 Å². The van der Waals surface area contributed by atoms with E-state index in [0.29, 0.717) is 45.2 Å². The van der Waals surface area contributed by atoms with Crippen LogP contribution in [0.5, 0.6) is 5.75 Å². The van der Waals surface area contributed by atoms with Crippen LogP contribution >= 0.6 is 11.3 Å². The molecule has 42 heavy (non-hydrogen) atoms. The van der Waals surface area contributed by atoms with Gasteiger partial charge in [0.05, 0.1) is 44.6 Å². The van der Waals surface area contributed by atoms with E-state index in [0.717, 1.165) is 11.0 Å². The molecule has 4 aromatic rings. The third kappa shape index (κ3) is 5.80. The summed E-state index contributed by atoms with van der Waals surface area (Å²) in [6, 6.07) is 3.85. The lowest BCUT2D eigenvalue weighted by atomic mass is 10.1. The molecule has 1 fully saturated rings. The highest BCUT2D eigenvalue weighted by Crippen LogP contribution is 2.33. The molecule has 1 aromatic carbocycles. The van der Waals surface area contributed by atoms with E-state index >= 15 is 0 Å². The normalized spacial score (nSPS) is 14.4. The highest BCUT2D eigenvalue weighted by Gasteiger charge is 2.26. The van der Waals surface area contributed by atoms with Gasteiger partial charge in [-0.1, -0.05) is 11.3 Å². The van der Waals surface area contributed by atoms with Gasteiger partial charge in [-0.25, -0.2) is 14.0 Å². The summed E-state index contributed by atoms with van der Waals surface area (Å²) in [5.41, 5.74) is -0.0499. The number of ether oxygens (including phenoxy) is 3. The highest BCUT2D eigenvalue weighted by atomic mass is 32.1. The summed E-state index contributed by atoms with van der Waals surface area (Å²) in [6.07, 6.45) is 2.98. The summed E-state index contributed by atoms with van der Waals surface area (Å²) in [4.78, 5) is 43.6. The first-order chi connectivity index (χ1) is 20.3. The van der Waals surface area contributed by atoms with Crippen molar-refractivity contribution in [3.63, 3.8) is 0 Å². The van der Waals surface area contributed by atoms with Gasteiger partial charge in [-0.2, -0.15) is 10.2 Å².